The van der Waals surface area contributed by atoms with E-state index in [0.717, 1.165) is 31.4 Å². The van der Waals surface area contributed by atoms with Crippen LogP contribution < -0.4 is 4.74 Å². The maximum Gasteiger partial charge on any atom is 0.243 e. The predicted octanol–water partition coefficient (Wildman–Crippen LogP) is 2.19. The van der Waals surface area contributed by atoms with Crippen LogP contribution in [0.1, 0.15) is 24.8 Å². The molecule has 0 amide bonds. The highest BCUT2D eigenvalue weighted by Crippen LogP contribution is 2.34. The molecular formula is C16H23NO4S. The molecule has 1 saturated carbocycles. The number of aryl methyl sites for hydroxylation is 1. The molecule has 0 N–H and O–H groups in total. The van der Waals surface area contributed by atoms with Gasteiger partial charge in [0.15, 0.2) is 0 Å². The number of sulfonamides is 1. The number of rotatable bonds is 6. The molecular weight excluding hydrogens is 302 g/mol. The fourth-order valence-electron chi connectivity index (χ4n) is 2.93. The molecule has 1 atom stereocenters. The molecule has 1 aromatic rings. The molecule has 1 aromatic carbocycles. The van der Waals surface area contributed by atoms with Crippen LogP contribution in [0.4, 0.5) is 0 Å². The van der Waals surface area contributed by atoms with Crippen molar-refractivity contribution in [3.05, 3.63) is 23.8 Å². The van der Waals surface area contributed by atoms with Crippen molar-refractivity contribution in [3.8, 4) is 5.75 Å². The van der Waals surface area contributed by atoms with Gasteiger partial charge in [0.05, 0.1) is 18.6 Å². The summed E-state index contributed by atoms with van der Waals surface area (Å²) < 4.78 is 38.3. The van der Waals surface area contributed by atoms with Gasteiger partial charge in [0.25, 0.3) is 0 Å². The van der Waals surface area contributed by atoms with Crippen molar-refractivity contribution in [2.75, 3.05) is 26.9 Å². The van der Waals surface area contributed by atoms with Crippen LogP contribution in [0.25, 0.3) is 0 Å². The third-order valence-corrected chi connectivity index (χ3v) is 6.30. The zero-order valence-corrected chi connectivity index (χ0v) is 13.9. The van der Waals surface area contributed by atoms with Gasteiger partial charge in [-0.3, -0.25) is 0 Å². The van der Waals surface area contributed by atoms with Gasteiger partial charge in [0.2, 0.25) is 10.0 Å². The maximum atomic E-state index is 13.0. The Balaban J connectivity index is 1.86. The van der Waals surface area contributed by atoms with Crippen LogP contribution in [0.3, 0.4) is 0 Å². The molecule has 5 nitrogen and oxygen atoms in total. The Kier molecular flexibility index (Phi) is 4.43. The first-order valence-corrected chi connectivity index (χ1v) is 9.20. The smallest absolute Gasteiger partial charge is 0.243 e. The lowest BCUT2D eigenvalue weighted by atomic mass is 10.1. The fourth-order valence-corrected chi connectivity index (χ4v) is 4.78. The Labute approximate surface area is 132 Å². The summed E-state index contributed by atoms with van der Waals surface area (Å²) in [6, 6.07) is 5.23. The Morgan fingerprint density at radius 1 is 1.32 bits per heavy atom. The van der Waals surface area contributed by atoms with Gasteiger partial charge in [-0.2, -0.15) is 4.31 Å². The molecule has 1 saturated heterocycles. The van der Waals surface area contributed by atoms with Crippen molar-refractivity contribution < 1.29 is 17.9 Å². The SMILES string of the molecule is COc1ccc(S(=O)(=O)N(C[C@@H]2CCOC2)C2CC2)cc1C. The summed E-state index contributed by atoms with van der Waals surface area (Å²) in [4.78, 5) is 0.358. The second-order valence-electron chi connectivity index (χ2n) is 6.17. The third kappa shape index (κ3) is 3.14. The van der Waals surface area contributed by atoms with Gasteiger partial charge in [-0.15, -0.1) is 0 Å². The van der Waals surface area contributed by atoms with E-state index in [2.05, 4.69) is 0 Å². The van der Waals surface area contributed by atoms with Crippen LogP contribution in [0.2, 0.25) is 0 Å². The van der Waals surface area contributed by atoms with E-state index in [4.69, 9.17) is 9.47 Å². The van der Waals surface area contributed by atoms with Crippen molar-refractivity contribution in [1.29, 1.82) is 0 Å². The summed E-state index contributed by atoms with van der Waals surface area (Å²) >= 11 is 0. The first-order chi connectivity index (χ1) is 10.5. The van der Waals surface area contributed by atoms with Gasteiger partial charge in [-0.25, -0.2) is 8.42 Å². The molecule has 0 spiro atoms. The molecule has 1 aliphatic carbocycles. The quantitative estimate of drug-likeness (QED) is 0.804. The highest BCUT2D eigenvalue weighted by Gasteiger charge is 2.39. The average molecular weight is 325 g/mol. The summed E-state index contributed by atoms with van der Waals surface area (Å²) in [5, 5.41) is 0. The Morgan fingerprint density at radius 2 is 2.09 bits per heavy atom. The van der Waals surface area contributed by atoms with Gasteiger partial charge in [0.1, 0.15) is 5.75 Å². The van der Waals surface area contributed by atoms with E-state index in [9.17, 15) is 8.42 Å². The molecule has 22 heavy (non-hydrogen) atoms. The van der Waals surface area contributed by atoms with E-state index in [1.54, 1.807) is 29.6 Å². The molecule has 1 aliphatic heterocycles. The zero-order valence-electron chi connectivity index (χ0n) is 13.1. The van der Waals surface area contributed by atoms with Crippen molar-refractivity contribution >= 4 is 10.0 Å². The maximum absolute atomic E-state index is 13.0. The summed E-state index contributed by atoms with van der Waals surface area (Å²) in [6.07, 6.45) is 2.87. The molecule has 122 valence electrons. The van der Waals surface area contributed by atoms with Gasteiger partial charge in [-0.1, -0.05) is 0 Å². The molecule has 2 aliphatic rings. The zero-order chi connectivity index (χ0) is 15.7. The predicted molar refractivity (Wildman–Crippen MR) is 83.6 cm³/mol. The minimum absolute atomic E-state index is 0.160. The van der Waals surface area contributed by atoms with Gasteiger partial charge in [-0.05, 0) is 55.9 Å². The van der Waals surface area contributed by atoms with Gasteiger partial charge >= 0.3 is 0 Å². The van der Waals surface area contributed by atoms with E-state index in [-0.39, 0.29) is 6.04 Å². The van der Waals surface area contributed by atoms with Crippen molar-refractivity contribution in [2.24, 2.45) is 5.92 Å². The van der Waals surface area contributed by atoms with Crippen LogP contribution >= 0.6 is 0 Å². The molecule has 0 radical (unpaired) electrons. The Hall–Kier alpha value is -1.11. The Morgan fingerprint density at radius 3 is 2.64 bits per heavy atom. The summed E-state index contributed by atoms with van der Waals surface area (Å²) in [6.45, 7) is 3.84. The first kappa shape index (κ1) is 15.8. The van der Waals surface area contributed by atoms with Crippen molar-refractivity contribution in [3.63, 3.8) is 0 Å². The standard InChI is InChI=1S/C16H23NO4S/c1-12-9-15(5-6-16(12)20-2)22(18,19)17(14-3-4-14)10-13-7-8-21-11-13/h5-6,9,13-14H,3-4,7-8,10-11H2,1-2H3/t13-/m0/s1. The number of benzene rings is 1. The van der Waals surface area contributed by atoms with Crippen LogP contribution in [0, 0.1) is 12.8 Å². The van der Waals surface area contributed by atoms with E-state index in [0.29, 0.717) is 29.7 Å². The van der Waals surface area contributed by atoms with E-state index < -0.39 is 10.0 Å². The van der Waals surface area contributed by atoms with Crippen molar-refractivity contribution in [2.45, 2.75) is 37.1 Å². The Bertz CT molecular complexity index is 634. The second kappa shape index (κ2) is 6.18. The number of hydrogen-bond acceptors (Lipinski definition) is 4. The second-order valence-corrected chi connectivity index (χ2v) is 8.06. The van der Waals surface area contributed by atoms with Crippen LogP contribution in [-0.4, -0.2) is 45.6 Å². The summed E-state index contributed by atoms with van der Waals surface area (Å²) in [5.41, 5.74) is 0.837. The van der Waals surface area contributed by atoms with E-state index in [1.165, 1.54) is 0 Å². The number of ether oxygens (including phenoxy) is 2. The van der Waals surface area contributed by atoms with E-state index in [1.807, 2.05) is 6.92 Å². The minimum atomic E-state index is -3.45. The van der Waals surface area contributed by atoms with Crippen molar-refractivity contribution in [1.82, 2.24) is 4.31 Å². The highest BCUT2D eigenvalue weighted by molar-refractivity contribution is 7.89. The molecule has 1 heterocycles. The molecule has 3 rings (SSSR count). The average Bonchev–Trinajstić information content (AvgIpc) is 3.20. The van der Waals surface area contributed by atoms with Crippen LogP contribution in [-0.2, 0) is 14.8 Å². The molecule has 6 heteroatoms. The summed E-state index contributed by atoms with van der Waals surface area (Å²) in [7, 11) is -1.86. The summed E-state index contributed by atoms with van der Waals surface area (Å²) in [5.74, 6) is 1.02. The molecule has 0 bridgehead atoms. The number of methoxy groups -OCH3 is 1. The largest absolute Gasteiger partial charge is 0.496 e. The number of hydrogen-bond donors (Lipinski definition) is 0. The lowest BCUT2D eigenvalue weighted by Gasteiger charge is -2.24. The molecule has 0 aromatic heterocycles. The molecule has 2 fully saturated rings. The first-order valence-electron chi connectivity index (χ1n) is 7.76. The van der Waals surface area contributed by atoms with E-state index >= 15 is 0 Å². The normalized spacial score (nSPS) is 22.2. The lowest BCUT2D eigenvalue weighted by molar-refractivity contribution is 0.180. The molecule has 0 unspecified atom stereocenters. The van der Waals surface area contributed by atoms with Gasteiger partial charge < -0.3 is 9.47 Å². The van der Waals surface area contributed by atoms with Gasteiger partial charge in [0, 0.05) is 19.2 Å². The lowest BCUT2D eigenvalue weighted by Crippen LogP contribution is -2.37. The third-order valence-electron chi connectivity index (χ3n) is 4.39. The highest BCUT2D eigenvalue weighted by atomic mass is 32.2. The van der Waals surface area contributed by atoms with Crippen LogP contribution in [0.5, 0.6) is 5.75 Å². The minimum Gasteiger partial charge on any atom is -0.496 e. The fraction of sp³-hybridized carbons (Fsp3) is 0.625. The monoisotopic (exact) mass is 325 g/mol. The van der Waals surface area contributed by atoms with Crippen LogP contribution in [0.15, 0.2) is 23.1 Å². The topological polar surface area (TPSA) is 55.8 Å². The number of nitrogens with zero attached hydrogens (tertiary/aromatic N) is 1.